The topological polar surface area (TPSA) is 74.3 Å². The first-order valence-electron chi connectivity index (χ1n) is 8.90. The van der Waals surface area contributed by atoms with Gasteiger partial charge in [-0.1, -0.05) is 20.8 Å². The van der Waals surface area contributed by atoms with Crippen molar-refractivity contribution in [3.05, 3.63) is 18.6 Å². The van der Waals surface area contributed by atoms with E-state index in [9.17, 15) is 4.79 Å². The summed E-state index contributed by atoms with van der Waals surface area (Å²) in [6, 6.07) is 2.18. The van der Waals surface area contributed by atoms with Crippen LogP contribution < -0.4 is 4.90 Å². The van der Waals surface area contributed by atoms with E-state index in [1.54, 1.807) is 6.33 Å². The van der Waals surface area contributed by atoms with Crippen LogP contribution >= 0.6 is 0 Å². The second kappa shape index (κ2) is 7.29. The number of likely N-dealkylation sites (tertiary alicyclic amines) is 1. The van der Waals surface area contributed by atoms with Crippen LogP contribution in [0.4, 0.5) is 10.6 Å². The molecule has 2 aromatic heterocycles. The predicted molar refractivity (Wildman–Crippen MR) is 97.6 cm³/mol. The molecule has 0 spiro atoms. The third-order valence-electron chi connectivity index (χ3n) is 4.88. The first kappa shape index (κ1) is 17.5. The average Bonchev–Trinajstić information content (AvgIpc) is 3.08. The largest absolute Gasteiger partial charge is 0.449 e. The minimum Gasteiger partial charge on any atom is -0.449 e. The Morgan fingerprint density at radius 3 is 3.04 bits per heavy atom. The van der Waals surface area contributed by atoms with Crippen LogP contribution in [0.15, 0.2) is 18.6 Å². The summed E-state index contributed by atoms with van der Waals surface area (Å²) in [4.78, 5) is 28.2. The maximum atomic E-state index is 12.3. The van der Waals surface area contributed by atoms with Crippen molar-refractivity contribution in [2.24, 2.45) is 11.8 Å². The zero-order valence-corrected chi connectivity index (χ0v) is 15.4. The molecule has 7 nitrogen and oxygen atoms in total. The minimum absolute atomic E-state index is 0.188. The third kappa shape index (κ3) is 3.70. The van der Waals surface area contributed by atoms with Gasteiger partial charge >= 0.3 is 6.09 Å². The summed E-state index contributed by atoms with van der Waals surface area (Å²) in [7, 11) is 2.04. The first-order chi connectivity index (χ1) is 12.0. The number of anilines is 1. The number of nitrogens with one attached hydrogen (secondary N) is 1. The maximum Gasteiger partial charge on any atom is 0.409 e. The number of rotatable bonds is 4. The Kier molecular flexibility index (Phi) is 5.11. The number of likely N-dealkylation sites (N-methyl/N-ethyl adjacent to an activating group) is 1. The van der Waals surface area contributed by atoms with Crippen molar-refractivity contribution in [2.45, 2.75) is 33.2 Å². The van der Waals surface area contributed by atoms with Gasteiger partial charge in [-0.05, 0) is 24.3 Å². The van der Waals surface area contributed by atoms with Gasteiger partial charge in [0.15, 0.2) is 0 Å². The van der Waals surface area contributed by atoms with Crippen LogP contribution in [0.25, 0.3) is 11.0 Å². The third-order valence-corrected chi connectivity index (χ3v) is 4.88. The number of ether oxygens (including phenoxy) is 1. The van der Waals surface area contributed by atoms with Crippen LogP contribution in [-0.2, 0) is 4.74 Å². The zero-order chi connectivity index (χ0) is 18.0. The molecule has 0 aliphatic carbocycles. The van der Waals surface area contributed by atoms with Gasteiger partial charge in [-0.3, -0.25) is 0 Å². The van der Waals surface area contributed by atoms with Crippen molar-refractivity contribution in [1.82, 2.24) is 19.9 Å². The van der Waals surface area contributed by atoms with Crippen LogP contribution in [0.1, 0.15) is 27.2 Å². The van der Waals surface area contributed by atoms with Crippen LogP contribution in [-0.4, -0.2) is 58.7 Å². The van der Waals surface area contributed by atoms with E-state index in [1.807, 2.05) is 38.1 Å². The molecule has 3 heterocycles. The number of fused-ring (bicyclic) bond motifs is 1. The molecule has 2 unspecified atom stereocenters. The molecule has 1 N–H and O–H groups in total. The number of nitrogens with zero attached hydrogens (tertiary/aromatic N) is 4. The fourth-order valence-corrected chi connectivity index (χ4v) is 3.34. The van der Waals surface area contributed by atoms with E-state index < -0.39 is 0 Å². The fourth-order valence-electron chi connectivity index (χ4n) is 3.34. The van der Waals surface area contributed by atoms with Crippen molar-refractivity contribution >= 4 is 22.9 Å². The molecular weight excluding hydrogens is 318 g/mol. The quantitative estimate of drug-likeness (QED) is 0.922. The Labute approximate surface area is 148 Å². The van der Waals surface area contributed by atoms with Crippen LogP contribution in [0, 0.1) is 11.8 Å². The Balaban J connectivity index is 1.75. The van der Waals surface area contributed by atoms with E-state index in [2.05, 4.69) is 26.8 Å². The summed E-state index contributed by atoms with van der Waals surface area (Å²) in [5.74, 6) is 1.69. The van der Waals surface area contributed by atoms with Crippen molar-refractivity contribution in [3.8, 4) is 0 Å². The van der Waals surface area contributed by atoms with Crippen LogP contribution in [0.2, 0.25) is 0 Å². The molecule has 1 aliphatic heterocycles. The standard InChI is InChI=1S/C18H27N5O2/c1-12(2)10-25-18(24)23-8-6-13(3)15(9-23)22(4)17-14-5-7-19-16(14)20-11-21-17/h5,7,11-13,15H,6,8-10H2,1-4H3,(H,19,20,21). The van der Waals surface area contributed by atoms with Crippen molar-refractivity contribution in [3.63, 3.8) is 0 Å². The Morgan fingerprint density at radius 2 is 2.28 bits per heavy atom. The van der Waals surface area contributed by atoms with Gasteiger partial charge < -0.3 is 19.5 Å². The predicted octanol–water partition coefficient (Wildman–Crippen LogP) is 2.90. The number of aromatic nitrogens is 3. The number of hydrogen-bond donors (Lipinski definition) is 1. The normalized spacial score (nSPS) is 20.9. The Morgan fingerprint density at radius 1 is 1.48 bits per heavy atom. The Bertz CT molecular complexity index is 729. The van der Waals surface area contributed by atoms with Gasteiger partial charge in [0.05, 0.1) is 18.0 Å². The molecule has 25 heavy (non-hydrogen) atoms. The Hall–Kier alpha value is -2.31. The lowest BCUT2D eigenvalue weighted by Gasteiger charge is -2.41. The summed E-state index contributed by atoms with van der Waals surface area (Å²) in [5, 5.41) is 0.997. The molecule has 7 heteroatoms. The second-order valence-electron chi connectivity index (χ2n) is 7.30. The lowest BCUT2D eigenvalue weighted by Crippen LogP contribution is -2.53. The molecule has 0 saturated carbocycles. The second-order valence-corrected chi connectivity index (χ2v) is 7.30. The van der Waals surface area contributed by atoms with Gasteiger partial charge in [0, 0.05) is 26.3 Å². The molecule has 3 rings (SSSR count). The number of hydrogen-bond acceptors (Lipinski definition) is 5. The number of carbonyl (C=O) groups excluding carboxylic acids is 1. The van der Waals surface area contributed by atoms with Crippen molar-refractivity contribution in [1.29, 1.82) is 0 Å². The monoisotopic (exact) mass is 345 g/mol. The highest BCUT2D eigenvalue weighted by atomic mass is 16.6. The highest BCUT2D eigenvalue weighted by Gasteiger charge is 2.33. The molecule has 136 valence electrons. The first-order valence-corrected chi connectivity index (χ1v) is 8.90. The van der Waals surface area contributed by atoms with E-state index in [1.165, 1.54) is 0 Å². The average molecular weight is 345 g/mol. The van der Waals surface area contributed by atoms with Gasteiger partial charge in [-0.25, -0.2) is 14.8 Å². The van der Waals surface area contributed by atoms with Crippen molar-refractivity contribution in [2.75, 3.05) is 31.6 Å². The van der Waals surface area contributed by atoms with Crippen LogP contribution in [0.5, 0.6) is 0 Å². The van der Waals surface area contributed by atoms with E-state index in [0.29, 0.717) is 25.0 Å². The molecule has 1 amide bonds. The van der Waals surface area contributed by atoms with Crippen LogP contribution in [0.3, 0.4) is 0 Å². The lowest BCUT2D eigenvalue weighted by atomic mass is 9.92. The highest BCUT2D eigenvalue weighted by molar-refractivity contribution is 5.87. The van der Waals surface area contributed by atoms with E-state index in [0.717, 1.165) is 29.8 Å². The van der Waals surface area contributed by atoms with E-state index >= 15 is 0 Å². The van der Waals surface area contributed by atoms with Gasteiger partial charge in [0.25, 0.3) is 0 Å². The molecule has 2 aromatic rings. The molecule has 1 fully saturated rings. The summed E-state index contributed by atoms with van der Waals surface area (Å²) in [5.41, 5.74) is 0.827. The molecule has 1 aliphatic rings. The van der Waals surface area contributed by atoms with Gasteiger partial charge in [0.1, 0.15) is 17.8 Å². The summed E-state index contributed by atoms with van der Waals surface area (Å²) >= 11 is 0. The summed E-state index contributed by atoms with van der Waals surface area (Å²) in [6.07, 6.45) is 4.18. The molecule has 0 bridgehead atoms. The van der Waals surface area contributed by atoms with Crippen molar-refractivity contribution < 1.29 is 9.53 Å². The summed E-state index contributed by atoms with van der Waals surface area (Å²) in [6.45, 7) is 8.16. The SMILES string of the molecule is CC(C)COC(=O)N1CCC(C)C(N(C)c2ncnc3[nH]ccc23)C1. The number of piperidine rings is 1. The maximum absolute atomic E-state index is 12.3. The molecule has 0 radical (unpaired) electrons. The minimum atomic E-state index is -0.214. The number of H-pyrrole nitrogens is 1. The summed E-state index contributed by atoms with van der Waals surface area (Å²) < 4.78 is 5.41. The van der Waals surface area contributed by atoms with Gasteiger partial charge in [-0.2, -0.15) is 0 Å². The molecule has 2 atom stereocenters. The smallest absolute Gasteiger partial charge is 0.409 e. The number of aromatic amines is 1. The molecule has 1 saturated heterocycles. The van der Waals surface area contributed by atoms with Gasteiger partial charge in [-0.15, -0.1) is 0 Å². The fraction of sp³-hybridized carbons (Fsp3) is 0.611. The van der Waals surface area contributed by atoms with E-state index in [4.69, 9.17) is 4.74 Å². The van der Waals surface area contributed by atoms with E-state index in [-0.39, 0.29) is 12.1 Å². The molecule has 0 aromatic carbocycles. The number of carbonyl (C=O) groups is 1. The molecular formula is C18H27N5O2. The zero-order valence-electron chi connectivity index (χ0n) is 15.4. The number of amides is 1. The lowest BCUT2D eigenvalue weighted by molar-refractivity contribution is 0.0752. The van der Waals surface area contributed by atoms with Gasteiger partial charge in [0.2, 0.25) is 0 Å². The highest BCUT2D eigenvalue weighted by Crippen LogP contribution is 2.28.